The summed E-state index contributed by atoms with van der Waals surface area (Å²) in [5.74, 6) is 0.982. The van der Waals surface area contributed by atoms with Crippen LogP contribution in [0.4, 0.5) is 0 Å². The molecule has 1 aliphatic carbocycles. The van der Waals surface area contributed by atoms with Crippen molar-refractivity contribution in [3.63, 3.8) is 0 Å². The Morgan fingerprint density at radius 3 is 2.94 bits per heavy atom. The van der Waals surface area contributed by atoms with E-state index in [9.17, 15) is 0 Å². The van der Waals surface area contributed by atoms with Crippen LogP contribution in [0.15, 0.2) is 12.3 Å². The molecule has 1 unspecified atom stereocenters. The molecule has 0 spiro atoms. The van der Waals surface area contributed by atoms with Crippen LogP contribution in [0.5, 0.6) is 0 Å². The first-order chi connectivity index (χ1) is 8.79. The normalized spacial score (nSPS) is 18.3. The third-order valence-corrected chi connectivity index (χ3v) is 4.22. The lowest BCUT2D eigenvalue weighted by molar-refractivity contribution is 0.461. The first-order valence-electron chi connectivity index (χ1n) is 7.54. The van der Waals surface area contributed by atoms with Crippen LogP contribution < -0.4 is 5.32 Å². The Bertz CT molecular complexity index is 339. The molecule has 1 fully saturated rings. The fraction of sp³-hybridized carbons (Fsp3) is 0.800. The van der Waals surface area contributed by atoms with Crippen molar-refractivity contribution in [1.82, 2.24) is 15.1 Å². The Hall–Kier alpha value is -0.830. The number of rotatable bonds is 7. The molecule has 3 heteroatoms. The zero-order valence-corrected chi connectivity index (χ0v) is 11.9. The van der Waals surface area contributed by atoms with Crippen LogP contribution in [0.25, 0.3) is 0 Å². The molecule has 0 aromatic carbocycles. The SMILES string of the molecule is CCC(C)n1ccc(CNCCC2CCCC2)n1. The summed E-state index contributed by atoms with van der Waals surface area (Å²) in [6, 6.07) is 2.64. The van der Waals surface area contributed by atoms with Crippen molar-refractivity contribution in [3.05, 3.63) is 18.0 Å². The van der Waals surface area contributed by atoms with Gasteiger partial charge in [0.25, 0.3) is 0 Å². The van der Waals surface area contributed by atoms with Crippen LogP contribution in [0.2, 0.25) is 0 Å². The maximum absolute atomic E-state index is 4.60. The largest absolute Gasteiger partial charge is 0.311 e. The predicted octanol–water partition coefficient (Wildman–Crippen LogP) is 3.52. The second-order valence-electron chi connectivity index (χ2n) is 5.66. The zero-order chi connectivity index (χ0) is 12.8. The average molecular weight is 249 g/mol. The van der Waals surface area contributed by atoms with Gasteiger partial charge in [0, 0.05) is 18.8 Å². The van der Waals surface area contributed by atoms with Crippen molar-refractivity contribution in [3.8, 4) is 0 Å². The summed E-state index contributed by atoms with van der Waals surface area (Å²) in [4.78, 5) is 0. The van der Waals surface area contributed by atoms with E-state index in [0.29, 0.717) is 6.04 Å². The highest BCUT2D eigenvalue weighted by atomic mass is 15.3. The zero-order valence-electron chi connectivity index (χ0n) is 11.9. The van der Waals surface area contributed by atoms with Gasteiger partial charge in [-0.15, -0.1) is 0 Å². The first-order valence-corrected chi connectivity index (χ1v) is 7.54. The molecule has 2 rings (SSSR count). The molecule has 1 saturated carbocycles. The number of hydrogen-bond acceptors (Lipinski definition) is 2. The lowest BCUT2D eigenvalue weighted by Gasteiger charge is -2.09. The smallest absolute Gasteiger partial charge is 0.0762 e. The van der Waals surface area contributed by atoms with Gasteiger partial charge in [0.15, 0.2) is 0 Å². The Morgan fingerprint density at radius 2 is 2.22 bits per heavy atom. The fourth-order valence-corrected chi connectivity index (χ4v) is 2.73. The highest BCUT2D eigenvalue weighted by molar-refractivity contribution is 4.99. The van der Waals surface area contributed by atoms with Crippen molar-refractivity contribution in [1.29, 1.82) is 0 Å². The molecule has 1 aromatic heterocycles. The van der Waals surface area contributed by atoms with Crippen molar-refractivity contribution in [2.45, 2.75) is 65.0 Å². The number of nitrogens with zero attached hydrogens (tertiary/aromatic N) is 2. The summed E-state index contributed by atoms with van der Waals surface area (Å²) in [5, 5.41) is 8.13. The molecule has 3 nitrogen and oxygen atoms in total. The Labute approximate surface area is 111 Å². The topological polar surface area (TPSA) is 29.9 Å². The minimum absolute atomic E-state index is 0.511. The van der Waals surface area contributed by atoms with E-state index in [1.54, 1.807) is 0 Å². The molecular formula is C15H27N3. The van der Waals surface area contributed by atoms with Gasteiger partial charge in [0.2, 0.25) is 0 Å². The molecular weight excluding hydrogens is 222 g/mol. The van der Waals surface area contributed by atoms with E-state index in [2.05, 4.69) is 41.2 Å². The summed E-state index contributed by atoms with van der Waals surface area (Å²) in [5.41, 5.74) is 1.17. The minimum atomic E-state index is 0.511. The number of hydrogen-bond donors (Lipinski definition) is 1. The second kappa shape index (κ2) is 6.93. The van der Waals surface area contributed by atoms with Crippen molar-refractivity contribution in [2.24, 2.45) is 5.92 Å². The quantitative estimate of drug-likeness (QED) is 0.749. The van der Waals surface area contributed by atoms with E-state index in [1.165, 1.54) is 37.8 Å². The third kappa shape index (κ3) is 3.84. The van der Waals surface area contributed by atoms with Gasteiger partial charge in [0.05, 0.1) is 5.69 Å². The van der Waals surface area contributed by atoms with Crippen LogP contribution in [-0.2, 0) is 6.54 Å². The summed E-state index contributed by atoms with van der Waals surface area (Å²) in [7, 11) is 0. The van der Waals surface area contributed by atoms with Gasteiger partial charge in [-0.25, -0.2) is 0 Å². The highest BCUT2D eigenvalue weighted by Gasteiger charge is 2.13. The van der Waals surface area contributed by atoms with Gasteiger partial charge in [-0.05, 0) is 38.3 Å². The van der Waals surface area contributed by atoms with Crippen LogP contribution in [0.1, 0.15) is 64.1 Å². The summed E-state index contributed by atoms with van der Waals surface area (Å²) < 4.78 is 2.08. The van der Waals surface area contributed by atoms with E-state index in [-0.39, 0.29) is 0 Å². The van der Waals surface area contributed by atoms with Crippen molar-refractivity contribution < 1.29 is 0 Å². The molecule has 0 radical (unpaired) electrons. The summed E-state index contributed by atoms with van der Waals surface area (Å²) >= 11 is 0. The van der Waals surface area contributed by atoms with E-state index in [1.807, 2.05) is 0 Å². The van der Waals surface area contributed by atoms with Crippen molar-refractivity contribution in [2.75, 3.05) is 6.54 Å². The van der Waals surface area contributed by atoms with E-state index >= 15 is 0 Å². The first kappa shape index (κ1) is 13.6. The van der Waals surface area contributed by atoms with Gasteiger partial charge in [-0.2, -0.15) is 5.10 Å². The molecule has 1 atom stereocenters. The molecule has 1 aliphatic rings. The Morgan fingerprint density at radius 1 is 1.44 bits per heavy atom. The summed E-state index contributed by atoms with van der Waals surface area (Å²) in [6.45, 7) is 6.47. The molecule has 1 aromatic rings. The molecule has 0 bridgehead atoms. The maximum atomic E-state index is 4.60. The molecule has 0 amide bonds. The van der Waals surface area contributed by atoms with Gasteiger partial charge in [-0.3, -0.25) is 4.68 Å². The number of nitrogens with one attached hydrogen (secondary N) is 1. The summed E-state index contributed by atoms with van der Waals surface area (Å²) in [6.07, 6.45) is 10.4. The highest BCUT2D eigenvalue weighted by Crippen LogP contribution is 2.26. The fourth-order valence-electron chi connectivity index (χ4n) is 2.73. The lowest BCUT2D eigenvalue weighted by Crippen LogP contribution is -2.17. The molecule has 102 valence electrons. The van der Waals surface area contributed by atoms with Crippen LogP contribution in [-0.4, -0.2) is 16.3 Å². The number of aromatic nitrogens is 2. The second-order valence-corrected chi connectivity index (χ2v) is 5.66. The van der Waals surface area contributed by atoms with E-state index < -0.39 is 0 Å². The minimum Gasteiger partial charge on any atom is -0.311 e. The van der Waals surface area contributed by atoms with Crippen LogP contribution in [0, 0.1) is 5.92 Å². The predicted molar refractivity (Wildman–Crippen MR) is 75.5 cm³/mol. The Balaban J connectivity index is 1.65. The molecule has 1 N–H and O–H groups in total. The van der Waals surface area contributed by atoms with Crippen LogP contribution in [0.3, 0.4) is 0 Å². The van der Waals surface area contributed by atoms with E-state index in [4.69, 9.17) is 0 Å². The average Bonchev–Trinajstić information content (AvgIpc) is 3.05. The Kier molecular flexibility index (Phi) is 5.24. The van der Waals surface area contributed by atoms with Gasteiger partial charge >= 0.3 is 0 Å². The van der Waals surface area contributed by atoms with E-state index in [0.717, 1.165) is 25.4 Å². The van der Waals surface area contributed by atoms with Gasteiger partial charge in [0.1, 0.15) is 0 Å². The molecule has 0 aliphatic heterocycles. The standard InChI is InChI=1S/C15H27N3/c1-3-13(2)18-11-9-15(17-18)12-16-10-8-14-6-4-5-7-14/h9,11,13-14,16H,3-8,10,12H2,1-2H3. The lowest BCUT2D eigenvalue weighted by atomic mass is 10.0. The molecule has 1 heterocycles. The molecule has 18 heavy (non-hydrogen) atoms. The monoisotopic (exact) mass is 249 g/mol. The van der Waals surface area contributed by atoms with Crippen LogP contribution >= 0.6 is 0 Å². The van der Waals surface area contributed by atoms with Gasteiger partial charge < -0.3 is 5.32 Å². The third-order valence-electron chi connectivity index (χ3n) is 4.22. The van der Waals surface area contributed by atoms with Crippen molar-refractivity contribution >= 4 is 0 Å². The maximum Gasteiger partial charge on any atom is 0.0762 e. The molecule has 0 saturated heterocycles. The van der Waals surface area contributed by atoms with Gasteiger partial charge in [-0.1, -0.05) is 32.6 Å².